The number of carbonyl (C=O) groups is 2. The number of nitrogens with one attached hydrogen (secondary N) is 2. The Kier molecular flexibility index (Phi) is 7.67. The average molecular weight is 731 g/mol. The van der Waals surface area contributed by atoms with Crippen LogP contribution in [-0.2, 0) is 14.5 Å². The van der Waals surface area contributed by atoms with Crippen LogP contribution in [0.5, 0.6) is 0 Å². The number of thioether (sulfide) groups is 2. The highest BCUT2D eigenvalue weighted by atomic mass is 32.2. The van der Waals surface area contributed by atoms with Crippen molar-refractivity contribution in [1.82, 2.24) is 29.7 Å². The van der Waals surface area contributed by atoms with Gasteiger partial charge in [0.25, 0.3) is 0 Å². The fraction of sp³-hybridized carbons (Fsp3) is 0.476. The number of aromatic amines is 2. The van der Waals surface area contributed by atoms with Crippen LogP contribution in [-0.4, -0.2) is 70.9 Å². The third-order valence-electron chi connectivity index (χ3n) is 12.9. The number of hydrogen-bond donors (Lipinski definition) is 2. The number of fused-ring (bicyclic) bond motifs is 2. The normalized spacial score (nSPS) is 27.9. The van der Waals surface area contributed by atoms with E-state index in [0.717, 1.165) is 101 Å². The van der Waals surface area contributed by atoms with Gasteiger partial charge in [0.05, 0.1) is 33.4 Å². The molecule has 10 heteroatoms. The van der Waals surface area contributed by atoms with E-state index in [4.69, 9.17) is 9.97 Å². The third kappa shape index (κ3) is 5.33. The Bertz CT molecular complexity index is 2220. The van der Waals surface area contributed by atoms with Crippen molar-refractivity contribution in [3.05, 3.63) is 72.3 Å². The van der Waals surface area contributed by atoms with E-state index in [0.29, 0.717) is 11.8 Å². The fourth-order valence-electron chi connectivity index (χ4n) is 9.22. The van der Waals surface area contributed by atoms with Gasteiger partial charge >= 0.3 is 0 Å². The van der Waals surface area contributed by atoms with Gasteiger partial charge in [-0.2, -0.15) is 0 Å². The molecule has 2 aliphatic carbocycles. The van der Waals surface area contributed by atoms with Crippen LogP contribution in [0.3, 0.4) is 0 Å². The van der Waals surface area contributed by atoms with Gasteiger partial charge in [-0.05, 0) is 123 Å². The average Bonchev–Trinajstić information content (AvgIpc) is 4.12. The first-order valence-electron chi connectivity index (χ1n) is 19.2. The number of nitrogens with zero attached hydrogens (tertiary/aromatic N) is 4. The summed E-state index contributed by atoms with van der Waals surface area (Å²) in [6.45, 7) is 6.01. The summed E-state index contributed by atoms with van der Waals surface area (Å²) in [5, 5.41) is 0.116. The molecule has 5 unspecified atom stereocenters. The molecular formula is C42H46N6O2S2. The first-order valence-corrected chi connectivity index (χ1v) is 21.3. The molecule has 3 aliphatic heterocycles. The highest BCUT2D eigenvalue weighted by Crippen LogP contribution is 2.65. The molecule has 5 atom stereocenters. The number of amides is 2. The SMILES string of the molecule is CSC1(c2nc3ccc(-c4ccc(-c5ccc6nc(C7CCCN7C(=O)C7SC7(C)C7CC7)[nH]c6c5)cc4)cc3[nH]2)CCCN1C(=O)C(C)C1CC1. The van der Waals surface area contributed by atoms with Crippen molar-refractivity contribution in [1.29, 1.82) is 0 Å². The van der Waals surface area contributed by atoms with Crippen LogP contribution in [0.1, 0.15) is 82.9 Å². The van der Waals surface area contributed by atoms with Gasteiger partial charge in [-0.1, -0.05) is 43.3 Å². The lowest BCUT2D eigenvalue weighted by molar-refractivity contribution is -0.137. The van der Waals surface area contributed by atoms with E-state index in [1.165, 1.54) is 25.7 Å². The molecule has 8 nitrogen and oxygen atoms in total. The molecular weight excluding hydrogens is 685 g/mol. The molecule has 2 amide bonds. The van der Waals surface area contributed by atoms with Crippen LogP contribution < -0.4 is 0 Å². The van der Waals surface area contributed by atoms with E-state index in [-0.39, 0.29) is 27.9 Å². The molecule has 3 aromatic carbocycles. The first-order chi connectivity index (χ1) is 25.3. The minimum Gasteiger partial charge on any atom is -0.340 e. The molecule has 10 rings (SSSR count). The summed E-state index contributed by atoms with van der Waals surface area (Å²) < 4.78 is 0.156. The number of hydrogen-bond acceptors (Lipinski definition) is 6. The zero-order valence-corrected chi connectivity index (χ0v) is 31.8. The van der Waals surface area contributed by atoms with E-state index in [1.54, 1.807) is 11.8 Å². The number of aromatic nitrogens is 4. The molecule has 0 spiro atoms. The van der Waals surface area contributed by atoms with Crippen molar-refractivity contribution in [3.63, 3.8) is 0 Å². The van der Waals surface area contributed by atoms with Crippen LogP contribution in [0.15, 0.2) is 60.7 Å². The molecule has 2 aromatic heterocycles. The quantitative estimate of drug-likeness (QED) is 0.147. The standard InChI is InChI=1S/C42H46N6O2S2/c1-24(25-7-8-25)38(49)48-21-5-19-42(48,51-3)40-45-32-18-14-29(23-34(32)46-40)27-11-9-26(10-12-27)28-13-17-31-33(22-28)44-37(43-31)35-6-4-20-47(35)39(50)36-41(2,52-36)30-15-16-30/h9-14,17-18,22-25,30,35-36H,4-8,15-16,19-21H2,1-3H3,(H,43,44)(H,45,46). The molecule has 5 heterocycles. The molecule has 2 N–H and O–H groups in total. The Morgan fingerprint density at radius 1 is 0.846 bits per heavy atom. The molecule has 5 aromatic rings. The lowest BCUT2D eigenvalue weighted by atomic mass is 10.00. The summed E-state index contributed by atoms with van der Waals surface area (Å²) in [6.07, 6.45) is 10.9. The summed E-state index contributed by atoms with van der Waals surface area (Å²) in [7, 11) is 0. The summed E-state index contributed by atoms with van der Waals surface area (Å²) in [6, 6.07) is 21.6. The molecule has 0 bridgehead atoms. The Labute approximate surface area is 313 Å². The van der Waals surface area contributed by atoms with Gasteiger partial charge in [-0.15, -0.1) is 23.5 Å². The number of H-pyrrole nitrogens is 2. The van der Waals surface area contributed by atoms with Crippen molar-refractivity contribution >= 4 is 57.4 Å². The largest absolute Gasteiger partial charge is 0.340 e. The highest BCUT2D eigenvalue weighted by Gasteiger charge is 2.64. The van der Waals surface area contributed by atoms with Crippen molar-refractivity contribution < 1.29 is 9.59 Å². The number of likely N-dealkylation sites (tertiary alicyclic amines) is 2. The minimum atomic E-state index is -0.445. The second-order valence-electron chi connectivity index (χ2n) is 16.1. The molecule has 52 heavy (non-hydrogen) atoms. The van der Waals surface area contributed by atoms with E-state index in [1.807, 2.05) is 11.8 Å². The molecule has 3 saturated heterocycles. The van der Waals surface area contributed by atoms with Gasteiger partial charge in [-0.25, -0.2) is 9.97 Å². The number of carbonyl (C=O) groups excluding carboxylic acids is 2. The second kappa shape index (κ2) is 12.1. The van der Waals surface area contributed by atoms with Gasteiger partial charge in [0.1, 0.15) is 16.5 Å². The topological polar surface area (TPSA) is 98.0 Å². The number of benzene rings is 3. The predicted octanol–water partition coefficient (Wildman–Crippen LogP) is 8.91. The third-order valence-corrected chi connectivity index (χ3v) is 15.9. The minimum absolute atomic E-state index is 0.0254. The molecule has 5 fully saturated rings. The monoisotopic (exact) mass is 730 g/mol. The fourth-order valence-corrected chi connectivity index (χ4v) is 11.7. The number of rotatable bonds is 9. The first kappa shape index (κ1) is 32.9. The molecule has 268 valence electrons. The summed E-state index contributed by atoms with van der Waals surface area (Å²) in [5.41, 5.74) is 8.41. The van der Waals surface area contributed by atoms with Gasteiger partial charge < -0.3 is 19.8 Å². The Hall–Kier alpha value is -3.76. The maximum absolute atomic E-state index is 13.6. The van der Waals surface area contributed by atoms with Crippen LogP contribution in [0.2, 0.25) is 0 Å². The van der Waals surface area contributed by atoms with Crippen LogP contribution in [0.25, 0.3) is 44.3 Å². The smallest absolute Gasteiger partial charge is 0.237 e. The van der Waals surface area contributed by atoms with Crippen LogP contribution >= 0.6 is 23.5 Å². The van der Waals surface area contributed by atoms with E-state index < -0.39 is 4.87 Å². The van der Waals surface area contributed by atoms with Crippen molar-refractivity contribution in [2.45, 2.75) is 86.1 Å². The van der Waals surface area contributed by atoms with Gasteiger partial charge in [0.2, 0.25) is 11.8 Å². The maximum atomic E-state index is 13.6. The zero-order chi connectivity index (χ0) is 35.4. The Balaban J connectivity index is 0.871. The van der Waals surface area contributed by atoms with Crippen molar-refractivity contribution in [2.24, 2.45) is 17.8 Å². The lowest BCUT2D eigenvalue weighted by Crippen LogP contribution is -2.46. The Morgan fingerprint density at radius 3 is 2.15 bits per heavy atom. The van der Waals surface area contributed by atoms with E-state index in [9.17, 15) is 9.59 Å². The summed E-state index contributed by atoms with van der Waals surface area (Å²) >= 11 is 3.62. The lowest BCUT2D eigenvalue weighted by Gasteiger charge is -2.37. The maximum Gasteiger partial charge on any atom is 0.237 e. The van der Waals surface area contributed by atoms with Crippen molar-refractivity contribution in [2.75, 3.05) is 19.3 Å². The number of imidazole rings is 2. The van der Waals surface area contributed by atoms with E-state index in [2.05, 4.69) is 101 Å². The van der Waals surface area contributed by atoms with Crippen LogP contribution in [0.4, 0.5) is 0 Å². The van der Waals surface area contributed by atoms with Gasteiger partial charge in [-0.3, -0.25) is 9.59 Å². The zero-order valence-electron chi connectivity index (χ0n) is 30.2. The van der Waals surface area contributed by atoms with Gasteiger partial charge in [0.15, 0.2) is 0 Å². The van der Waals surface area contributed by atoms with Gasteiger partial charge in [0, 0.05) is 23.8 Å². The second-order valence-corrected chi connectivity index (χ2v) is 18.8. The Morgan fingerprint density at radius 2 is 1.50 bits per heavy atom. The summed E-state index contributed by atoms with van der Waals surface area (Å²) in [5.74, 6) is 3.73. The van der Waals surface area contributed by atoms with Crippen molar-refractivity contribution in [3.8, 4) is 22.3 Å². The highest BCUT2D eigenvalue weighted by molar-refractivity contribution is 8.09. The summed E-state index contributed by atoms with van der Waals surface area (Å²) in [4.78, 5) is 48.3. The van der Waals surface area contributed by atoms with Crippen LogP contribution in [0, 0.1) is 17.8 Å². The predicted molar refractivity (Wildman–Crippen MR) is 211 cm³/mol. The molecule has 2 saturated carbocycles. The molecule has 0 radical (unpaired) electrons. The van der Waals surface area contributed by atoms with E-state index >= 15 is 0 Å². The molecule has 5 aliphatic rings.